The van der Waals surface area contributed by atoms with Gasteiger partial charge in [-0.05, 0) is 55.5 Å². The first-order valence-corrected chi connectivity index (χ1v) is 9.81. The minimum absolute atomic E-state index is 0.00385. The van der Waals surface area contributed by atoms with Gasteiger partial charge in [-0.3, -0.25) is 9.59 Å². The molecule has 0 aromatic heterocycles. The minimum atomic E-state index is -0.00988. The second-order valence-electron chi connectivity index (χ2n) is 7.35. The molecule has 148 valence electrons. The molecule has 0 atom stereocenters. The maximum absolute atomic E-state index is 12.8. The van der Waals surface area contributed by atoms with Crippen molar-refractivity contribution in [2.24, 2.45) is 11.8 Å². The van der Waals surface area contributed by atoms with Crippen LogP contribution in [0.4, 0.5) is 5.69 Å². The summed E-state index contributed by atoms with van der Waals surface area (Å²) >= 11 is 0. The first kappa shape index (κ1) is 19.9. The fourth-order valence-corrected chi connectivity index (χ4v) is 3.73. The van der Waals surface area contributed by atoms with Gasteiger partial charge in [0.15, 0.2) is 0 Å². The number of nitrogens with zero attached hydrogens (tertiary/aromatic N) is 1. The molecule has 0 unspecified atom stereocenters. The molecule has 2 aromatic rings. The predicted molar refractivity (Wildman–Crippen MR) is 110 cm³/mol. The van der Waals surface area contributed by atoms with E-state index in [0.717, 1.165) is 42.7 Å². The molecule has 0 heterocycles. The van der Waals surface area contributed by atoms with Crippen LogP contribution in [-0.4, -0.2) is 26.0 Å². The number of nitrogens with one attached hydrogen (secondary N) is 1. The zero-order valence-electron chi connectivity index (χ0n) is 16.6. The number of rotatable bonds is 6. The molecule has 5 nitrogen and oxygen atoms in total. The summed E-state index contributed by atoms with van der Waals surface area (Å²) in [4.78, 5) is 27.0. The summed E-state index contributed by atoms with van der Waals surface area (Å²) in [6, 6.07) is 17.4. The van der Waals surface area contributed by atoms with E-state index in [-0.39, 0.29) is 23.7 Å². The number of carbonyl (C=O) groups excluding carboxylic acids is 2. The summed E-state index contributed by atoms with van der Waals surface area (Å²) in [6.07, 6.45) is 3.04. The molecule has 0 spiro atoms. The molecular formula is C23H28N2O3. The Hall–Kier alpha value is -2.82. The number of hydrogen-bond acceptors (Lipinski definition) is 3. The van der Waals surface area contributed by atoms with Crippen molar-refractivity contribution in [2.75, 3.05) is 19.1 Å². The van der Waals surface area contributed by atoms with Crippen molar-refractivity contribution in [3.8, 4) is 5.75 Å². The fraction of sp³-hybridized carbons (Fsp3) is 0.391. The molecule has 0 radical (unpaired) electrons. The first-order chi connectivity index (χ1) is 13.6. The molecule has 0 bridgehead atoms. The highest BCUT2D eigenvalue weighted by Crippen LogP contribution is 2.31. The summed E-state index contributed by atoms with van der Waals surface area (Å²) < 4.78 is 5.15. The normalized spacial score (nSPS) is 18.9. The van der Waals surface area contributed by atoms with Crippen LogP contribution in [-0.2, 0) is 16.1 Å². The number of amides is 2. The van der Waals surface area contributed by atoms with Crippen LogP contribution < -0.4 is 15.0 Å². The standard InChI is InChI=1S/C23H28N2O3/c1-25(20-6-4-3-5-7-20)23(27)19-12-10-18(11-13-19)22(26)24-16-17-8-14-21(28-2)15-9-17/h3-9,14-15,18-19H,10-13,16H2,1-2H3,(H,24,26). The van der Waals surface area contributed by atoms with E-state index < -0.39 is 0 Å². The van der Waals surface area contributed by atoms with E-state index in [9.17, 15) is 9.59 Å². The molecular weight excluding hydrogens is 352 g/mol. The van der Waals surface area contributed by atoms with Gasteiger partial charge in [0.1, 0.15) is 5.75 Å². The average Bonchev–Trinajstić information content (AvgIpc) is 2.77. The Kier molecular flexibility index (Phi) is 6.69. The third-order valence-corrected chi connectivity index (χ3v) is 5.55. The molecule has 2 amide bonds. The number of ether oxygens (including phenoxy) is 1. The lowest BCUT2D eigenvalue weighted by Crippen LogP contribution is -2.38. The Balaban J connectivity index is 1.46. The number of para-hydroxylation sites is 1. The van der Waals surface area contributed by atoms with Gasteiger partial charge in [-0.2, -0.15) is 0 Å². The topological polar surface area (TPSA) is 58.6 Å². The van der Waals surface area contributed by atoms with Crippen molar-refractivity contribution in [2.45, 2.75) is 32.2 Å². The summed E-state index contributed by atoms with van der Waals surface area (Å²) in [5.41, 5.74) is 1.95. The van der Waals surface area contributed by atoms with Crippen molar-refractivity contribution in [3.05, 3.63) is 60.2 Å². The van der Waals surface area contributed by atoms with Gasteiger partial charge in [0.05, 0.1) is 7.11 Å². The van der Waals surface area contributed by atoms with E-state index in [4.69, 9.17) is 4.74 Å². The molecule has 1 aliphatic carbocycles. The van der Waals surface area contributed by atoms with Gasteiger partial charge in [0.2, 0.25) is 11.8 Å². The average molecular weight is 380 g/mol. The number of benzene rings is 2. The lowest BCUT2D eigenvalue weighted by molar-refractivity contribution is -0.129. The Morgan fingerprint density at radius 3 is 2.18 bits per heavy atom. The van der Waals surface area contributed by atoms with Crippen LogP contribution in [0.15, 0.2) is 54.6 Å². The van der Waals surface area contributed by atoms with Gasteiger partial charge >= 0.3 is 0 Å². The van der Waals surface area contributed by atoms with E-state index in [1.165, 1.54) is 0 Å². The number of methoxy groups -OCH3 is 1. The van der Waals surface area contributed by atoms with Crippen LogP contribution in [0.2, 0.25) is 0 Å². The van der Waals surface area contributed by atoms with Crippen LogP contribution in [0.3, 0.4) is 0 Å². The van der Waals surface area contributed by atoms with Crippen molar-refractivity contribution in [3.63, 3.8) is 0 Å². The second-order valence-corrected chi connectivity index (χ2v) is 7.35. The summed E-state index contributed by atoms with van der Waals surface area (Å²) in [7, 11) is 3.46. The van der Waals surface area contributed by atoms with Gasteiger partial charge in [0, 0.05) is 31.1 Å². The van der Waals surface area contributed by atoms with Gasteiger partial charge in [-0.25, -0.2) is 0 Å². The molecule has 3 rings (SSSR count). The lowest BCUT2D eigenvalue weighted by atomic mass is 9.81. The third-order valence-electron chi connectivity index (χ3n) is 5.55. The maximum atomic E-state index is 12.8. The molecule has 5 heteroatoms. The number of anilines is 1. The highest BCUT2D eigenvalue weighted by molar-refractivity contribution is 5.94. The van der Waals surface area contributed by atoms with Crippen molar-refractivity contribution < 1.29 is 14.3 Å². The summed E-state index contributed by atoms with van der Waals surface area (Å²) in [6.45, 7) is 0.512. The van der Waals surface area contributed by atoms with Gasteiger partial charge < -0.3 is 15.0 Å². The molecule has 28 heavy (non-hydrogen) atoms. The largest absolute Gasteiger partial charge is 0.497 e. The highest BCUT2D eigenvalue weighted by atomic mass is 16.5. The maximum Gasteiger partial charge on any atom is 0.229 e. The quantitative estimate of drug-likeness (QED) is 0.830. The van der Waals surface area contributed by atoms with Gasteiger partial charge in [0.25, 0.3) is 0 Å². The van der Waals surface area contributed by atoms with Crippen molar-refractivity contribution >= 4 is 17.5 Å². The first-order valence-electron chi connectivity index (χ1n) is 9.81. The van der Waals surface area contributed by atoms with E-state index in [1.807, 2.05) is 61.6 Å². The molecule has 1 saturated carbocycles. The Morgan fingerprint density at radius 2 is 1.57 bits per heavy atom. The summed E-state index contributed by atoms with van der Waals surface area (Å²) in [5, 5.41) is 3.02. The Labute approximate surface area is 166 Å². The van der Waals surface area contributed by atoms with E-state index in [0.29, 0.717) is 6.54 Å². The SMILES string of the molecule is COc1ccc(CNC(=O)C2CCC(C(=O)N(C)c3ccccc3)CC2)cc1. The molecule has 1 N–H and O–H groups in total. The zero-order valence-corrected chi connectivity index (χ0v) is 16.6. The van der Waals surface area contributed by atoms with Gasteiger partial charge in [-0.15, -0.1) is 0 Å². The zero-order chi connectivity index (χ0) is 19.9. The van der Waals surface area contributed by atoms with E-state index in [2.05, 4.69) is 5.32 Å². The molecule has 0 aliphatic heterocycles. The molecule has 1 aliphatic rings. The number of hydrogen-bond donors (Lipinski definition) is 1. The van der Waals surface area contributed by atoms with Crippen LogP contribution in [0, 0.1) is 11.8 Å². The second kappa shape index (κ2) is 9.40. The monoisotopic (exact) mass is 380 g/mol. The molecule has 2 aromatic carbocycles. The Morgan fingerprint density at radius 1 is 0.964 bits per heavy atom. The van der Waals surface area contributed by atoms with Crippen LogP contribution in [0.5, 0.6) is 5.75 Å². The van der Waals surface area contributed by atoms with Crippen LogP contribution >= 0.6 is 0 Å². The Bertz CT molecular complexity index is 781. The number of carbonyl (C=O) groups is 2. The highest BCUT2D eigenvalue weighted by Gasteiger charge is 2.31. The molecule has 1 fully saturated rings. The van der Waals surface area contributed by atoms with Crippen LogP contribution in [0.25, 0.3) is 0 Å². The van der Waals surface area contributed by atoms with Crippen LogP contribution in [0.1, 0.15) is 31.2 Å². The van der Waals surface area contributed by atoms with E-state index >= 15 is 0 Å². The van der Waals surface area contributed by atoms with Crippen molar-refractivity contribution in [1.29, 1.82) is 0 Å². The van der Waals surface area contributed by atoms with Gasteiger partial charge in [-0.1, -0.05) is 30.3 Å². The fourth-order valence-electron chi connectivity index (χ4n) is 3.73. The molecule has 0 saturated heterocycles. The smallest absolute Gasteiger partial charge is 0.229 e. The lowest BCUT2D eigenvalue weighted by Gasteiger charge is -2.30. The third kappa shape index (κ3) is 4.91. The predicted octanol–water partition coefficient (Wildman–Crippen LogP) is 3.78. The summed E-state index contributed by atoms with van der Waals surface area (Å²) in [5.74, 6) is 1.01. The van der Waals surface area contributed by atoms with Crippen molar-refractivity contribution in [1.82, 2.24) is 5.32 Å². The minimum Gasteiger partial charge on any atom is -0.497 e. The van der Waals surface area contributed by atoms with E-state index in [1.54, 1.807) is 12.0 Å².